The average Bonchev–Trinajstić information content (AvgIpc) is 2.34. The van der Waals surface area contributed by atoms with Crippen LogP contribution in [0.5, 0.6) is 5.75 Å². The van der Waals surface area contributed by atoms with Crippen molar-refractivity contribution in [2.24, 2.45) is 0 Å². The van der Waals surface area contributed by atoms with Crippen LogP contribution in [0.2, 0.25) is 0 Å². The van der Waals surface area contributed by atoms with E-state index in [4.69, 9.17) is 0 Å². The fraction of sp³-hybridized carbons (Fsp3) is 0.333. The summed E-state index contributed by atoms with van der Waals surface area (Å²) in [6.45, 7) is 3.33. The Labute approximate surface area is 110 Å². The maximum absolute atomic E-state index is 12.7. The second-order valence-electron chi connectivity index (χ2n) is 3.87. The highest BCUT2D eigenvalue weighted by Gasteiger charge is 2.72. The minimum absolute atomic E-state index is 0.247. The Bertz CT molecular complexity index is 490. The summed E-state index contributed by atoms with van der Waals surface area (Å²) in [4.78, 5) is 0. The van der Waals surface area contributed by atoms with Crippen molar-refractivity contribution in [2.75, 3.05) is 7.11 Å². The van der Waals surface area contributed by atoms with E-state index < -0.39 is 29.3 Å². The van der Waals surface area contributed by atoms with Crippen LogP contribution in [0.4, 0.5) is 26.3 Å². The lowest BCUT2D eigenvalue weighted by Gasteiger charge is -2.33. The second kappa shape index (κ2) is 5.01. The molecule has 0 fully saturated rings. The van der Waals surface area contributed by atoms with E-state index in [0.29, 0.717) is 6.07 Å². The van der Waals surface area contributed by atoms with Gasteiger partial charge in [-0.05, 0) is 11.6 Å². The van der Waals surface area contributed by atoms with E-state index in [0.717, 1.165) is 19.2 Å². The third-order valence-corrected chi connectivity index (χ3v) is 2.67. The number of methoxy groups -OCH3 is 1. The molecule has 0 aliphatic rings. The van der Waals surface area contributed by atoms with Crippen molar-refractivity contribution >= 4 is 6.08 Å². The Morgan fingerprint density at radius 3 is 1.95 bits per heavy atom. The summed E-state index contributed by atoms with van der Waals surface area (Å²) in [5.74, 6) is -0.737. The Morgan fingerprint density at radius 2 is 1.60 bits per heavy atom. The van der Waals surface area contributed by atoms with Gasteiger partial charge in [-0.2, -0.15) is 26.3 Å². The van der Waals surface area contributed by atoms with Crippen LogP contribution in [0.3, 0.4) is 0 Å². The van der Waals surface area contributed by atoms with Crippen molar-refractivity contribution in [1.82, 2.24) is 0 Å². The first-order chi connectivity index (χ1) is 8.99. The lowest BCUT2D eigenvalue weighted by molar-refractivity contribution is -0.376. The Hall–Kier alpha value is -1.70. The molecule has 0 aliphatic heterocycles. The van der Waals surface area contributed by atoms with Crippen LogP contribution in [-0.2, 0) is 5.60 Å². The second-order valence-corrected chi connectivity index (χ2v) is 3.87. The van der Waals surface area contributed by atoms with Gasteiger partial charge >= 0.3 is 12.4 Å². The van der Waals surface area contributed by atoms with Gasteiger partial charge in [0, 0.05) is 5.56 Å². The molecule has 1 N–H and O–H groups in total. The quantitative estimate of drug-likeness (QED) is 0.863. The normalized spacial score (nSPS) is 13.2. The summed E-state index contributed by atoms with van der Waals surface area (Å²) in [6, 6.07) is 2.40. The van der Waals surface area contributed by atoms with Crippen LogP contribution in [-0.4, -0.2) is 24.6 Å². The summed E-state index contributed by atoms with van der Waals surface area (Å²) >= 11 is 0. The van der Waals surface area contributed by atoms with E-state index >= 15 is 0 Å². The first-order valence-electron chi connectivity index (χ1n) is 5.15. The summed E-state index contributed by atoms with van der Waals surface area (Å²) in [5, 5.41) is 9.28. The van der Waals surface area contributed by atoms with Crippen molar-refractivity contribution in [1.29, 1.82) is 0 Å². The maximum atomic E-state index is 12.7. The molecule has 0 aliphatic carbocycles. The first-order valence-corrected chi connectivity index (χ1v) is 5.15. The van der Waals surface area contributed by atoms with Crippen molar-refractivity contribution < 1.29 is 36.2 Å². The molecule has 20 heavy (non-hydrogen) atoms. The van der Waals surface area contributed by atoms with Crippen LogP contribution in [0.1, 0.15) is 11.1 Å². The topological polar surface area (TPSA) is 29.5 Å². The molecule has 0 saturated heterocycles. The summed E-state index contributed by atoms with van der Waals surface area (Å²) in [6.07, 6.45) is -10.7. The Balaban J connectivity index is 3.63. The van der Waals surface area contributed by atoms with Gasteiger partial charge in [0.05, 0.1) is 7.11 Å². The van der Waals surface area contributed by atoms with E-state index in [2.05, 4.69) is 11.3 Å². The molecule has 0 unspecified atom stereocenters. The molecule has 2 nitrogen and oxygen atoms in total. The van der Waals surface area contributed by atoms with Gasteiger partial charge in [0.15, 0.2) is 0 Å². The van der Waals surface area contributed by atoms with Gasteiger partial charge in [0.2, 0.25) is 0 Å². The molecule has 112 valence electrons. The van der Waals surface area contributed by atoms with E-state index in [1.165, 1.54) is 6.08 Å². The zero-order valence-electron chi connectivity index (χ0n) is 10.1. The molecular weight excluding hydrogens is 290 g/mol. The SMILES string of the molecule is C=Cc1ccc(C(O)(C(F)(F)F)C(F)(F)F)c(OC)c1. The molecule has 0 amide bonds. The van der Waals surface area contributed by atoms with Crippen LogP contribution in [0.15, 0.2) is 24.8 Å². The number of benzene rings is 1. The largest absolute Gasteiger partial charge is 0.496 e. The van der Waals surface area contributed by atoms with Crippen molar-refractivity contribution in [3.8, 4) is 5.75 Å². The Morgan fingerprint density at radius 1 is 1.10 bits per heavy atom. The number of aliphatic hydroxyl groups is 1. The molecule has 0 aromatic heterocycles. The smallest absolute Gasteiger partial charge is 0.430 e. The van der Waals surface area contributed by atoms with E-state index in [-0.39, 0.29) is 5.56 Å². The fourth-order valence-electron chi connectivity index (χ4n) is 1.60. The van der Waals surface area contributed by atoms with Gasteiger partial charge in [-0.1, -0.05) is 24.8 Å². The minimum Gasteiger partial charge on any atom is -0.496 e. The van der Waals surface area contributed by atoms with E-state index in [9.17, 15) is 31.4 Å². The molecule has 0 atom stereocenters. The highest BCUT2D eigenvalue weighted by Crippen LogP contribution is 2.52. The van der Waals surface area contributed by atoms with Crippen molar-refractivity contribution in [3.05, 3.63) is 35.9 Å². The monoisotopic (exact) mass is 300 g/mol. The van der Waals surface area contributed by atoms with E-state index in [1.54, 1.807) is 0 Å². The molecule has 1 rings (SSSR count). The van der Waals surface area contributed by atoms with Crippen LogP contribution in [0, 0.1) is 0 Å². The molecule has 0 saturated carbocycles. The van der Waals surface area contributed by atoms with Gasteiger partial charge in [-0.3, -0.25) is 0 Å². The van der Waals surface area contributed by atoms with Gasteiger partial charge < -0.3 is 9.84 Å². The Kier molecular flexibility index (Phi) is 4.09. The van der Waals surface area contributed by atoms with Gasteiger partial charge in [0.1, 0.15) is 5.75 Å². The third-order valence-electron chi connectivity index (χ3n) is 2.67. The summed E-state index contributed by atoms with van der Waals surface area (Å²) in [5.41, 5.74) is -6.19. The minimum atomic E-state index is -5.95. The number of hydrogen-bond donors (Lipinski definition) is 1. The number of rotatable bonds is 3. The molecular formula is C12H10F6O2. The molecule has 1 aromatic carbocycles. The molecule has 8 heteroatoms. The molecule has 0 spiro atoms. The predicted octanol–water partition coefficient (Wildman–Crippen LogP) is 3.65. The highest BCUT2D eigenvalue weighted by atomic mass is 19.4. The number of ether oxygens (including phenoxy) is 1. The lowest BCUT2D eigenvalue weighted by atomic mass is 9.90. The van der Waals surface area contributed by atoms with Gasteiger partial charge in [-0.25, -0.2) is 0 Å². The van der Waals surface area contributed by atoms with Crippen LogP contribution < -0.4 is 4.74 Å². The average molecular weight is 300 g/mol. The first kappa shape index (κ1) is 16.4. The van der Waals surface area contributed by atoms with Crippen molar-refractivity contribution in [2.45, 2.75) is 18.0 Å². The van der Waals surface area contributed by atoms with Gasteiger partial charge in [0.25, 0.3) is 5.60 Å². The lowest BCUT2D eigenvalue weighted by Crippen LogP contribution is -2.54. The van der Waals surface area contributed by atoms with Crippen LogP contribution >= 0.6 is 0 Å². The number of halogens is 6. The van der Waals surface area contributed by atoms with Crippen molar-refractivity contribution in [3.63, 3.8) is 0 Å². The fourth-order valence-corrected chi connectivity index (χ4v) is 1.60. The standard InChI is InChI=1S/C12H10F6O2/c1-3-7-4-5-8(9(6-7)20-2)10(19,11(13,14)15)12(16,17)18/h3-6,19H,1H2,2H3. The van der Waals surface area contributed by atoms with Crippen LogP contribution in [0.25, 0.3) is 6.08 Å². The van der Waals surface area contributed by atoms with Gasteiger partial charge in [-0.15, -0.1) is 0 Å². The summed E-state index contributed by atoms with van der Waals surface area (Å²) < 4.78 is 81.0. The number of hydrogen-bond acceptors (Lipinski definition) is 2. The predicted molar refractivity (Wildman–Crippen MR) is 59.1 cm³/mol. The highest BCUT2D eigenvalue weighted by molar-refractivity contribution is 5.54. The maximum Gasteiger partial charge on any atom is 0.430 e. The third kappa shape index (κ3) is 2.47. The zero-order valence-corrected chi connectivity index (χ0v) is 10.1. The molecule has 0 bridgehead atoms. The molecule has 0 radical (unpaired) electrons. The van der Waals surface area contributed by atoms with E-state index in [1.807, 2.05) is 0 Å². The molecule has 1 aromatic rings. The zero-order chi connectivity index (χ0) is 15.8. The molecule has 0 heterocycles. The summed E-state index contributed by atoms with van der Waals surface area (Å²) in [7, 11) is 0.902. The number of alkyl halides is 6.